The minimum Gasteiger partial charge on any atom is -0.452 e. The van der Waals surface area contributed by atoms with Gasteiger partial charge in [0.05, 0.1) is 5.56 Å². The minimum absolute atomic E-state index is 0.338. The van der Waals surface area contributed by atoms with Crippen LogP contribution in [0.2, 0.25) is 5.02 Å². The number of aryl methyl sites for hydroxylation is 2. The summed E-state index contributed by atoms with van der Waals surface area (Å²) in [6, 6.07) is 12.0. The highest BCUT2D eigenvalue weighted by atomic mass is 35.5. The van der Waals surface area contributed by atoms with E-state index in [2.05, 4.69) is 5.32 Å². The number of anilines is 1. The molecular weight excluding hydrogens is 302 g/mol. The van der Waals surface area contributed by atoms with Gasteiger partial charge in [-0.2, -0.15) is 0 Å². The molecule has 4 nitrogen and oxygen atoms in total. The van der Waals surface area contributed by atoms with E-state index in [4.69, 9.17) is 16.3 Å². The van der Waals surface area contributed by atoms with Crippen LogP contribution >= 0.6 is 11.6 Å². The van der Waals surface area contributed by atoms with E-state index in [9.17, 15) is 9.59 Å². The summed E-state index contributed by atoms with van der Waals surface area (Å²) >= 11 is 5.75. The van der Waals surface area contributed by atoms with Gasteiger partial charge in [0.1, 0.15) is 0 Å². The van der Waals surface area contributed by atoms with Gasteiger partial charge in [0.25, 0.3) is 5.91 Å². The van der Waals surface area contributed by atoms with Crippen LogP contribution < -0.4 is 5.32 Å². The predicted octanol–water partition coefficient (Wildman–Crippen LogP) is 3.75. The van der Waals surface area contributed by atoms with Gasteiger partial charge in [-0.25, -0.2) is 4.79 Å². The van der Waals surface area contributed by atoms with E-state index < -0.39 is 5.97 Å². The molecule has 2 aromatic rings. The smallest absolute Gasteiger partial charge is 0.338 e. The van der Waals surface area contributed by atoms with Crippen molar-refractivity contribution < 1.29 is 14.3 Å². The number of carbonyl (C=O) groups excluding carboxylic acids is 2. The molecule has 2 rings (SSSR count). The van der Waals surface area contributed by atoms with Crippen molar-refractivity contribution in [2.24, 2.45) is 0 Å². The summed E-state index contributed by atoms with van der Waals surface area (Å²) in [5.41, 5.74) is 3.01. The van der Waals surface area contributed by atoms with Crippen LogP contribution in [0.25, 0.3) is 0 Å². The monoisotopic (exact) mass is 317 g/mol. The molecule has 0 saturated carbocycles. The Morgan fingerprint density at radius 1 is 1.05 bits per heavy atom. The molecule has 2 aromatic carbocycles. The molecule has 0 heterocycles. The molecule has 0 radical (unpaired) electrons. The number of nitrogens with one attached hydrogen (secondary N) is 1. The number of ether oxygens (including phenoxy) is 1. The highest BCUT2D eigenvalue weighted by Gasteiger charge is 2.12. The third-order valence-electron chi connectivity index (χ3n) is 3.16. The number of carbonyl (C=O) groups is 2. The van der Waals surface area contributed by atoms with Crippen LogP contribution in [0.4, 0.5) is 5.69 Å². The molecular formula is C17H16ClNO3. The second-order valence-electron chi connectivity index (χ2n) is 4.90. The van der Waals surface area contributed by atoms with E-state index in [1.54, 1.807) is 24.3 Å². The van der Waals surface area contributed by atoms with Gasteiger partial charge in [-0.05, 0) is 49.2 Å². The number of hydrogen-bond acceptors (Lipinski definition) is 3. The van der Waals surface area contributed by atoms with E-state index in [0.29, 0.717) is 10.6 Å². The topological polar surface area (TPSA) is 55.4 Å². The van der Waals surface area contributed by atoms with E-state index in [-0.39, 0.29) is 12.5 Å². The van der Waals surface area contributed by atoms with Gasteiger partial charge in [0, 0.05) is 10.7 Å². The summed E-state index contributed by atoms with van der Waals surface area (Å²) in [6.07, 6.45) is 0. The van der Waals surface area contributed by atoms with Gasteiger partial charge in [0.15, 0.2) is 6.61 Å². The lowest BCUT2D eigenvalue weighted by Gasteiger charge is -2.11. The fraction of sp³-hybridized carbons (Fsp3) is 0.176. The minimum atomic E-state index is -0.562. The van der Waals surface area contributed by atoms with Gasteiger partial charge in [-0.3, -0.25) is 4.79 Å². The van der Waals surface area contributed by atoms with Crippen LogP contribution in [0.1, 0.15) is 21.5 Å². The zero-order chi connectivity index (χ0) is 16.1. The first kappa shape index (κ1) is 16.0. The molecule has 1 N–H and O–H groups in total. The lowest BCUT2D eigenvalue weighted by molar-refractivity contribution is -0.119. The number of rotatable bonds is 4. The van der Waals surface area contributed by atoms with Crippen molar-refractivity contribution in [1.29, 1.82) is 0 Å². The first-order chi connectivity index (χ1) is 10.5. The molecule has 0 spiro atoms. The Balaban J connectivity index is 1.93. The summed E-state index contributed by atoms with van der Waals surface area (Å²) < 4.78 is 4.99. The molecule has 0 aromatic heterocycles. The largest absolute Gasteiger partial charge is 0.452 e. The quantitative estimate of drug-likeness (QED) is 0.874. The van der Waals surface area contributed by atoms with Crippen LogP contribution in [0.3, 0.4) is 0 Å². The van der Waals surface area contributed by atoms with Crippen molar-refractivity contribution in [1.82, 2.24) is 0 Å². The third-order valence-corrected chi connectivity index (χ3v) is 3.41. The Bertz CT molecular complexity index is 675. The van der Waals surface area contributed by atoms with Crippen LogP contribution in [0, 0.1) is 13.8 Å². The van der Waals surface area contributed by atoms with E-state index >= 15 is 0 Å². The highest BCUT2D eigenvalue weighted by molar-refractivity contribution is 6.30. The highest BCUT2D eigenvalue weighted by Crippen LogP contribution is 2.19. The number of halogens is 1. The molecule has 0 aliphatic carbocycles. The summed E-state index contributed by atoms with van der Waals surface area (Å²) in [5, 5.41) is 3.29. The summed E-state index contributed by atoms with van der Waals surface area (Å²) in [5.74, 6) is -0.937. The first-order valence-electron chi connectivity index (χ1n) is 6.76. The fourth-order valence-corrected chi connectivity index (χ4v) is 2.11. The van der Waals surface area contributed by atoms with Gasteiger partial charge in [-0.1, -0.05) is 29.8 Å². The van der Waals surface area contributed by atoms with E-state index in [1.807, 2.05) is 32.0 Å². The Hall–Kier alpha value is -2.33. The molecule has 0 aliphatic heterocycles. The second-order valence-corrected chi connectivity index (χ2v) is 5.33. The molecule has 5 heteroatoms. The molecule has 0 fully saturated rings. The molecule has 0 aliphatic rings. The molecule has 114 valence electrons. The van der Waals surface area contributed by atoms with Crippen LogP contribution in [0.15, 0.2) is 42.5 Å². The van der Waals surface area contributed by atoms with E-state index in [0.717, 1.165) is 16.8 Å². The number of para-hydroxylation sites is 1. The van der Waals surface area contributed by atoms with Crippen molar-refractivity contribution in [2.75, 3.05) is 11.9 Å². The number of benzene rings is 2. The van der Waals surface area contributed by atoms with Gasteiger partial charge in [0.2, 0.25) is 0 Å². The summed E-state index contributed by atoms with van der Waals surface area (Å²) in [6.45, 7) is 3.47. The van der Waals surface area contributed by atoms with Gasteiger partial charge >= 0.3 is 5.97 Å². The van der Waals surface area contributed by atoms with Crippen molar-refractivity contribution in [3.63, 3.8) is 0 Å². The number of hydrogen-bond donors (Lipinski definition) is 1. The standard InChI is InChI=1S/C17H16ClNO3/c1-11-4-3-5-12(2)16(11)19-15(20)10-22-17(21)13-6-8-14(18)9-7-13/h3-9H,10H2,1-2H3,(H,19,20). The predicted molar refractivity (Wildman–Crippen MR) is 86.3 cm³/mol. The average molecular weight is 318 g/mol. The molecule has 0 atom stereocenters. The van der Waals surface area contributed by atoms with E-state index in [1.165, 1.54) is 0 Å². The Morgan fingerprint density at radius 2 is 1.64 bits per heavy atom. The molecule has 0 saturated heterocycles. The average Bonchev–Trinajstić information content (AvgIpc) is 2.49. The lowest BCUT2D eigenvalue weighted by Crippen LogP contribution is -2.21. The van der Waals surface area contributed by atoms with Crippen LogP contribution in [-0.2, 0) is 9.53 Å². The van der Waals surface area contributed by atoms with Crippen LogP contribution in [-0.4, -0.2) is 18.5 Å². The maximum atomic E-state index is 11.9. The van der Waals surface area contributed by atoms with Crippen LogP contribution in [0.5, 0.6) is 0 Å². The van der Waals surface area contributed by atoms with Crippen molar-refractivity contribution in [3.05, 3.63) is 64.2 Å². The molecule has 0 unspecified atom stereocenters. The second kappa shape index (κ2) is 7.09. The zero-order valence-electron chi connectivity index (χ0n) is 12.4. The summed E-state index contributed by atoms with van der Waals surface area (Å²) in [4.78, 5) is 23.7. The Kier molecular flexibility index (Phi) is 5.17. The number of esters is 1. The first-order valence-corrected chi connectivity index (χ1v) is 7.14. The normalized spacial score (nSPS) is 10.1. The van der Waals surface area contributed by atoms with Gasteiger partial charge < -0.3 is 10.1 Å². The zero-order valence-corrected chi connectivity index (χ0v) is 13.1. The molecule has 1 amide bonds. The maximum Gasteiger partial charge on any atom is 0.338 e. The Labute approximate surface area is 134 Å². The third kappa shape index (κ3) is 4.09. The summed E-state index contributed by atoms with van der Waals surface area (Å²) in [7, 11) is 0. The van der Waals surface area contributed by atoms with Gasteiger partial charge in [-0.15, -0.1) is 0 Å². The number of amides is 1. The molecule has 0 bridgehead atoms. The lowest BCUT2D eigenvalue weighted by atomic mass is 10.1. The SMILES string of the molecule is Cc1cccc(C)c1NC(=O)COC(=O)c1ccc(Cl)cc1. The molecule has 22 heavy (non-hydrogen) atoms. The fourth-order valence-electron chi connectivity index (χ4n) is 1.99. The van der Waals surface area contributed by atoms with Crippen molar-refractivity contribution in [2.45, 2.75) is 13.8 Å². The van der Waals surface area contributed by atoms with Crippen molar-refractivity contribution >= 4 is 29.2 Å². The van der Waals surface area contributed by atoms with Crippen molar-refractivity contribution in [3.8, 4) is 0 Å². The Morgan fingerprint density at radius 3 is 2.23 bits per heavy atom. The maximum absolute atomic E-state index is 11.9.